The Morgan fingerprint density at radius 2 is 1.92 bits per heavy atom. The van der Waals surface area contributed by atoms with Crippen LogP contribution in [0.2, 0.25) is 0 Å². The SMILES string of the molecule is CC(C)(C)OC(=O)N1CCN2C(=S)CC(=O)C2(Cc2ccc(F)cc2)C1. The maximum absolute atomic E-state index is 13.2. The van der Waals surface area contributed by atoms with Gasteiger partial charge in [0.1, 0.15) is 17.0 Å². The zero-order valence-electron chi connectivity index (χ0n) is 15.3. The molecule has 2 saturated heterocycles. The lowest BCUT2D eigenvalue weighted by atomic mass is 9.85. The average molecular weight is 378 g/mol. The third kappa shape index (κ3) is 3.58. The predicted molar refractivity (Wildman–Crippen MR) is 99.6 cm³/mol. The summed E-state index contributed by atoms with van der Waals surface area (Å²) in [5.74, 6) is -0.324. The molecule has 3 rings (SSSR count). The van der Waals surface area contributed by atoms with Gasteiger partial charge in [0, 0.05) is 19.5 Å². The maximum atomic E-state index is 13.2. The Morgan fingerprint density at radius 1 is 1.27 bits per heavy atom. The first kappa shape index (κ1) is 18.8. The van der Waals surface area contributed by atoms with E-state index in [1.807, 2.05) is 25.7 Å². The van der Waals surface area contributed by atoms with Crippen LogP contribution >= 0.6 is 12.2 Å². The highest BCUT2D eigenvalue weighted by atomic mass is 32.1. The minimum atomic E-state index is -0.899. The van der Waals surface area contributed by atoms with Gasteiger partial charge in [-0.25, -0.2) is 9.18 Å². The molecule has 26 heavy (non-hydrogen) atoms. The number of amides is 1. The maximum Gasteiger partial charge on any atom is 0.410 e. The number of benzene rings is 1. The lowest BCUT2D eigenvalue weighted by Gasteiger charge is -2.46. The van der Waals surface area contributed by atoms with Gasteiger partial charge in [0.25, 0.3) is 0 Å². The molecule has 7 heteroatoms. The van der Waals surface area contributed by atoms with E-state index in [1.54, 1.807) is 17.0 Å². The van der Waals surface area contributed by atoms with Crippen molar-refractivity contribution in [2.75, 3.05) is 19.6 Å². The van der Waals surface area contributed by atoms with Crippen LogP contribution in [0, 0.1) is 5.82 Å². The fraction of sp³-hybridized carbons (Fsp3) is 0.526. The molecule has 2 fully saturated rings. The lowest BCUT2D eigenvalue weighted by Crippen LogP contribution is -2.65. The summed E-state index contributed by atoms with van der Waals surface area (Å²) in [7, 11) is 0. The number of carbonyl (C=O) groups excluding carboxylic acids is 2. The molecule has 0 spiro atoms. The summed E-state index contributed by atoms with van der Waals surface area (Å²) in [6.07, 6.45) is 0.158. The van der Waals surface area contributed by atoms with Gasteiger partial charge in [0.05, 0.1) is 18.0 Å². The van der Waals surface area contributed by atoms with E-state index in [0.717, 1.165) is 5.56 Å². The highest BCUT2D eigenvalue weighted by molar-refractivity contribution is 7.80. The molecule has 140 valence electrons. The van der Waals surface area contributed by atoms with Crippen LogP contribution in [0.4, 0.5) is 9.18 Å². The lowest BCUT2D eigenvalue weighted by molar-refractivity contribution is -0.127. The Kier molecular flexibility index (Phi) is 4.77. The van der Waals surface area contributed by atoms with Gasteiger partial charge in [-0.15, -0.1) is 0 Å². The highest BCUT2D eigenvalue weighted by Gasteiger charge is 2.54. The molecule has 5 nitrogen and oxygen atoms in total. The summed E-state index contributed by atoms with van der Waals surface area (Å²) in [5, 5.41) is 0. The van der Waals surface area contributed by atoms with Gasteiger partial charge >= 0.3 is 6.09 Å². The average Bonchev–Trinajstić information content (AvgIpc) is 2.78. The van der Waals surface area contributed by atoms with Crippen molar-refractivity contribution in [2.24, 2.45) is 0 Å². The molecule has 1 unspecified atom stereocenters. The Hall–Kier alpha value is -2.02. The van der Waals surface area contributed by atoms with Crippen molar-refractivity contribution in [2.45, 2.75) is 44.8 Å². The van der Waals surface area contributed by atoms with Crippen LogP contribution in [-0.2, 0) is 16.0 Å². The number of piperazine rings is 1. The van der Waals surface area contributed by atoms with Crippen LogP contribution < -0.4 is 0 Å². The molecule has 1 aromatic rings. The van der Waals surface area contributed by atoms with Crippen molar-refractivity contribution in [1.82, 2.24) is 9.80 Å². The largest absolute Gasteiger partial charge is 0.444 e. The predicted octanol–water partition coefficient (Wildman–Crippen LogP) is 2.96. The first-order valence-corrected chi connectivity index (χ1v) is 9.08. The summed E-state index contributed by atoms with van der Waals surface area (Å²) < 4.78 is 18.7. The van der Waals surface area contributed by atoms with Crippen molar-refractivity contribution in [1.29, 1.82) is 0 Å². The van der Waals surface area contributed by atoms with Gasteiger partial charge in [-0.3, -0.25) is 4.79 Å². The normalized spacial score (nSPS) is 23.2. The monoisotopic (exact) mass is 378 g/mol. The van der Waals surface area contributed by atoms with Crippen molar-refractivity contribution >= 4 is 29.1 Å². The molecule has 0 aromatic heterocycles. The number of nitrogens with zero attached hydrogens (tertiary/aromatic N) is 2. The number of hydrogen-bond acceptors (Lipinski definition) is 4. The van der Waals surface area contributed by atoms with Crippen LogP contribution in [0.1, 0.15) is 32.8 Å². The molecule has 1 atom stereocenters. The first-order valence-electron chi connectivity index (χ1n) is 8.67. The van der Waals surface area contributed by atoms with E-state index in [4.69, 9.17) is 17.0 Å². The number of thiocarbonyl (C=S) groups is 1. The van der Waals surface area contributed by atoms with E-state index in [1.165, 1.54) is 12.1 Å². The van der Waals surface area contributed by atoms with Crippen LogP contribution in [0.15, 0.2) is 24.3 Å². The van der Waals surface area contributed by atoms with Crippen LogP contribution in [-0.4, -0.2) is 57.4 Å². The summed E-state index contributed by atoms with van der Waals surface area (Å²) in [5.41, 5.74) is -0.669. The molecule has 2 heterocycles. The number of fused-ring (bicyclic) bond motifs is 1. The fourth-order valence-electron chi connectivity index (χ4n) is 3.59. The number of hydrogen-bond donors (Lipinski definition) is 0. The molecule has 0 bridgehead atoms. The zero-order valence-corrected chi connectivity index (χ0v) is 16.1. The van der Waals surface area contributed by atoms with Crippen LogP contribution in [0.3, 0.4) is 0 Å². The third-order valence-corrected chi connectivity index (χ3v) is 5.12. The molecule has 2 aliphatic heterocycles. The Balaban J connectivity index is 1.88. The van der Waals surface area contributed by atoms with E-state index in [-0.39, 0.29) is 24.6 Å². The number of ether oxygens (including phenoxy) is 1. The minimum absolute atomic E-state index is 0.0000775. The number of ketones is 1. The smallest absolute Gasteiger partial charge is 0.410 e. The molecule has 0 saturated carbocycles. The van der Waals surface area contributed by atoms with Gasteiger partial charge in [0.2, 0.25) is 0 Å². The van der Waals surface area contributed by atoms with E-state index < -0.39 is 17.2 Å². The second-order valence-corrected chi connectivity index (χ2v) is 8.35. The van der Waals surface area contributed by atoms with Crippen molar-refractivity contribution in [3.05, 3.63) is 35.6 Å². The van der Waals surface area contributed by atoms with Crippen LogP contribution in [0.25, 0.3) is 0 Å². The first-order chi connectivity index (χ1) is 12.1. The highest BCUT2D eigenvalue weighted by Crippen LogP contribution is 2.35. The fourth-order valence-corrected chi connectivity index (χ4v) is 3.98. The molecule has 1 aromatic carbocycles. The van der Waals surface area contributed by atoms with E-state index in [0.29, 0.717) is 24.5 Å². The Morgan fingerprint density at radius 3 is 2.54 bits per heavy atom. The standard InChI is InChI=1S/C19H23FN2O3S/c1-18(2,3)25-17(24)21-8-9-22-16(26)10-15(23)19(22,12-21)11-13-4-6-14(20)7-5-13/h4-7H,8-12H2,1-3H3. The molecule has 0 aliphatic carbocycles. The minimum Gasteiger partial charge on any atom is -0.444 e. The van der Waals surface area contributed by atoms with Gasteiger partial charge in [-0.1, -0.05) is 24.4 Å². The second-order valence-electron chi connectivity index (χ2n) is 7.88. The van der Waals surface area contributed by atoms with Crippen molar-refractivity contribution in [3.63, 3.8) is 0 Å². The Labute approximate surface area is 158 Å². The van der Waals surface area contributed by atoms with E-state index >= 15 is 0 Å². The summed E-state index contributed by atoms with van der Waals surface area (Å²) in [4.78, 5) is 29.5. The second kappa shape index (κ2) is 6.61. The van der Waals surface area contributed by atoms with E-state index in [9.17, 15) is 14.0 Å². The summed E-state index contributed by atoms with van der Waals surface area (Å²) in [6, 6.07) is 6.09. The summed E-state index contributed by atoms with van der Waals surface area (Å²) in [6.45, 7) is 6.60. The quantitative estimate of drug-likeness (QED) is 0.741. The van der Waals surface area contributed by atoms with Gasteiger partial charge in [-0.05, 0) is 38.5 Å². The number of rotatable bonds is 2. The number of halogens is 1. The number of Topliss-reactive ketones (excluding diaryl/α,β-unsaturated/α-hetero) is 1. The van der Waals surface area contributed by atoms with Crippen molar-refractivity contribution in [3.8, 4) is 0 Å². The van der Waals surface area contributed by atoms with Crippen molar-refractivity contribution < 1.29 is 18.7 Å². The third-order valence-electron chi connectivity index (χ3n) is 4.76. The van der Waals surface area contributed by atoms with E-state index in [2.05, 4.69) is 0 Å². The molecule has 0 radical (unpaired) electrons. The molecular weight excluding hydrogens is 355 g/mol. The number of carbonyl (C=O) groups is 2. The Bertz CT molecular complexity index is 744. The van der Waals surface area contributed by atoms with Gasteiger partial charge in [0.15, 0.2) is 5.78 Å². The summed E-state index contributed by atoms with van der Waals surface area (Å²) >= 11 is 5.41. The van der Waals surface area contributed by atoms with Gasteiger partial charge < -0.3 is 14.5 Å². The topological polar surface area (TPSA) is 49.9 Å². The molecule has 2 aliphatic rings. The van der Waals surface area contributed by atoms with Gasteiger partial charge in [-0.2, -0.15) is 0 Å². The molecule has 1 amide bonds. The molecular formula is C19H23FN2O3S. The zero-order chi connectivity index (χ0) is 19.1. The van der Waals surface area contributed by atoms with Crippen LogP contribution in [0.5, 0.6) is 0 Å². The molecule has 0 N–H and O–H groups in total.